The molecule has 0 unspecified atom stereocenters. The van der Waals surface area contributed by atoms with E-state index >= 15 is 0 Å². The second kappa shape index (κ2) is 4.76. The van der Waals surface area contributed by atoms with Crippen LogP contribution in [0.3, 0.4) is 0 Å². The van der Waals surface area contributed by atoms with Crippen molar-refractivity contribution in [1.82, 2.24) is 0 Å². The summed E-state index contributed by atoms with van der Waals surface area (Å²) in [5.74, 6) is -1.25. The Morgan fingerprint density at radius 2 is 2.31 bits per heavy atom. The highest BCUT2D eigenvalue weighted by molar-refractivity contribution is 5.88. The normalized spacial score (nSPS) is 9.25. The number of hydrogen-bond acceptors (Lipinski definition) is 4. The first-order valence-corrected chi connectivity index (χ1v) is 4.07. The highest BCUT2D eigenvalue weighted by Gasteiger charge is 2.16. The monoisotopic (exact) mass is 222 g/mol. The molecule has 1 aromatic rings. The van der Waals surface area contributed by atoms with Crippen LogP contribution in [0.5, 0.6) is 0 Å². The van der Waals surface area contributed by atoms with Gasteiger partial charge in [0.2, 0.25) is 0 Å². The zero-order valence-electron chi connectivity index (χ0n) is 7.90. The molecule has 0 fully saturated rings. The van der Waals surface area contributed by atoms with Gasteiger partial charge in [0.25, 0.3) is 5.69 Å². The molecular formula is C8H6N4O4. The lowest BCUT2D eigenvalue weighted by atomic mass is 10.1. The number of nitro benzene ring substituents is 1. The van der Waals surface area contributed by atoms with Gasteiger partial charge >= 0.3 is 5.97 Å². The van der Waals surface area contributed by atoms with Crippen molar-refractivity contribution < 1.29 is 14.8 Å². The fraction of sp³-hybridized carbons (Fsp3) is 0.125. The average molecular weight is 222 g/mol. The van der Waals surface area contributed by atoms with Crippen molar-refractivity contribution in [2.45, 2.75) is 6.54 Å². The molecule has 82 valence electrons. The molecule has 0 aliphatic carbocycles. The van der Waals surface area contributed by atoms with Crippen molar-refractivity contribution in [3.8, 4) is 0 Å². The van der Waals surface area contributed by atoms with Crippen LogP contribution in [0.4, 0.5) is 5.69 Å². The van der Waals surface area contributed by atoms with Crippen LogP contribution in [0.25, 0.3) is 10.4 Å². The van der Waals surface area contributed by atoms with Gasteiger partial charge in [0, 0.05) is 16.5 Å². The summed E-state index contributed by atoms with van der Waals surface area (Å²) < 4.78 is 0. The van der Waals surface area contributed by atoms with Crippen LogP contribution in [-0.2, 0) is 6.54 Å². The molecule has 1 aromatic carbocycles. The van der Waals surface area contributed by atoms with E-state index in [0.29, 0.717) is 0 Å². The third-order valence-corrected chi connectivity index (χ3v) is 1.83. The Bertz CT molecular complexity index is 493. The molecule has 0 saturated heterocycles. The topological polar surface area (TPSA) is 129 Å². The van der Waals surface area contributed by atoms with Gasteiger partial charge < -0.3 is 5.11 Å². The molecule has 1 N–H and O–H groups in total. The van der Waals surface area contributed by atoms with Crippen LogP contribution < -0.4 is 0 Å². The Balaban J connectivity index is 3.24. The minimum Gasteiger partial charge on any atom is -0.478 e. The van der Waals surface area contributed by atoms with Crippen molar-refractivity contribution in [1.29, 1.82) is 0 Å². The fourth-order valence-electron chi connectivity index (χ4n) is 1.11. The van der Waals surface area contributed by atoms with E-state index in [1.807, 2.05) is 0 Å². The van der Waals surface area contributed by atoms with Gasteiger partial charge in [0.1, 0.15) is 0 Å². The Morgan fingerprint density at radius 1 is 1.62 bits per heavy atom. The molecule has 0 bridgehead atoms. The Morgan fingerprint density at radius 3 is 2.81 bits per heavy atom. The molecule has 0 atom stereocenters. The predicted molar refractivity (Wildman–Crippen MR) is 52.9 cm³/mol. The van der Waals surface area contributed by atoms with Crippen molar-refractivity contribution in [2.24, 2.45) is 5.11 Å². The zero-order chi connectivity index (χ0) is 12.1. The molecule has 0 spiro atoms. The van der Waals surface area contributed by atoms with Crippen molar-refractivity contribution >= 4 is 11.7 Å². The molecule has 0 aliphatic rings. The first-order valence-electron chi connectivity index (χ1n) is 4.07. The maximum atomic E-state index is 10.6. The van der Waals surface area contributed by atoms with Gasteiger partial charge in [-0.25, -0.2) is 4.79 Å². The van der Waals surface area contributed by atoms with Crippen molar-refractivity contribution in [3.63, 3.8) is 0 Å². The van der Waals surface area contributed by atoms with Crippen LogP contribution in [0.2, 0.25) is 0 Å². The maximum Gasteiger partial charge on any atom is 0.335 e. The lowest BCUT2D eigenvalue weighted by molar-refractivity contribution is -0.385. The van der Waals surface area contributed by atoms with Crippen LogP contribution in [0.1, 0.15) is 15.9 Å². The molecule has 16 heavy (non-hydrogen) atoms. The molecule has 0 saturated carbocycles. The van der Waals surface area contributed by atoms with Crippen LogP contribution >= 0.6 is 0 Å². The number of carboxylic acids is 1. The van der Waals surface area contributed by atoms with Crippen molar-refractivity contribution in [3.05, 3.63) is 49.9 Å². The molecule has 0 amide bonds. The van der Waals surface area contributed by atoms with Gasteiger partial charge in [-0.1, -0.05) is 11.2 Å². The van der Waals surface area contributed by atoms with E-state index < -0.39 is 10.9 Å². The summed E-state index contributed by atoms with van der Waals surface area (Å²) in [6.07, 6.45) is 0. The standard InChI is InChI=1S/C8H6N4O4/c9-11-10-4-6-2-1-5(8(13)14)3-7(6)12(15)16/h1-3H,4H2,(H,13,14). The van der Waals surface area contributed by atoms with Crippen molar-refractivity contribution in [2.75, 3.05) is 0 Å². The summed E-state index contributed by atoms with van der Waals surface area (Å²) in [6, 6.07) is 3.42. The van der Waals surface area contributed by atoms with E-state index in [2.05, 4.69) is 10.0 Å². The number of aromatic carboxylic acids is 1. The summed E-state index contributed by atoms with van der Waals surface area (Å²) >= 11 is 0. The maximum absolute atomic E-state index is 10.6. The fourth-order valence-corrected chi connectivity index (χ4v) is 1.11. The summed E-state index contributed by atoms with van der Waals surface area (Å²) in [4.78, 5) is 23.0. The quantitative estimate of drug-likeness (QED) is 0.275. The molecule has 1 rings (SSSR count). The van der Waals surface area contributed by atoms with E-state index in [1.165, 1.54) is 12.1 Å². The molecule has 8 nitrogen and oxygen atoms in total. The van der Waals surface area contributed by atoms with E-state index in [4.69, 9.17) is 10.6 Å². The van der Waals surface area contributed by atoms with Crippen LogP contribution in [0.15, 0.2) is 23.3 Å². The highest BCUT2D eigenvalue weighted by atomic mass is 16.6. The highest BCUT2D eigenvalue weighted by Crippen LogP contribution is 2.21. The molecular weight excluding hydrogens is 216 g/mol. The summed E-state index contributed by atoms with van der Waals surface area (Å²) in [7, 11) is 0. The Labute approximate surface area is 88.9 Å². The number of nitrogens with zero attached hydrogens (tertiary/aromatic N) is 4. The van der Waals surface area contributed by atoms with Gasteiger partial charge in [0.15, 0.2) is 0 Å². The minimum absolute atomic E-state index is 0.174. The predicted octanol–water partition coefficient (Wildman–Crippen LogP) is 2.10. The third kappa shape index (κ3) is 2.46. The number of rotatable bonds is 4. The van der Waals surface area contributed by atoms with Crippen LogP contribution in [-0.4, -0.2) is 16.0 Å². The first-order chi connectivity index (χ1) is 7.56. The molecule has 0 heterocycles. The number of carbonyl (C=O) groups is 1. The summed E-state index contributed by atoms with van der Waals surface area (Å²) in [5.41, 5.74) is 7.72. The Hall–Kier alpha value is -2.60. The number of benzene rings is 1. The van der Waals surface area contributed by atoms with E-state index in [0.717, 1.165) is 6.07 Å². The number of carboxylic acid groups (broad SMARTS) is 1. The van der Waals surface area contributed by atoms with Gasteiger partial charge in [-0.15, -0.1) is 0 Å². The second-order valence-corrected chi connectivity index (χ2v) is 2.79. The molecule has 8 heteroatoms. The zero-order valence-corrected chi connectivity index (χ0v) is 7.90. The minimum atomic E-state index is -1.25. The average Bonchev–Trinajstić information content (AvgIpc) is 2.25. The van der Waals surface area contributed by atoms with Gasteiger partial charge in [-0.2, -0.15) is 0 Å². The van der Waals surface area contributed by atoms with Gasteiger partial charge in [0.05, 0.1) is 17.0 Å². The molecule has 0 aliphatic heterocycles. The summed E-state index contributed by atoms with van der Waals surface area (Å²) in [6.45, 7) is -0.188. The van der Waals surface area contributed by atoms with Crippen LogP contribution in [0, 0.1) is 10.1 Å². The van der Waals surface area contributed by atoms with Gasteiger partial charge in [-0.3, -0.25) is 10.1 Å². The van der Waals surface area contributed by atoms with E-state index in [9.17, 15) is 14.9 Å². The smallest absolute Gasteiger partial charge is 0.335 e. The van der Waals surface area contributed by atoms with E-state index in [1.54, 1.807) is 0 Å². The largest absolute Gasteiger partial charge is 0.478 e. The Kier molecular flexibility index (Phi) is 3.41. The molecule has 0 aromatic heterocycles. The lowest BCUT2D eigenvalue weighted by Crippen LogP contribution is -2.00. The molecule has 0 radical (unpaired) electrons. The summed E-state index contributed by atoms with van der Waals surface area (Å²) in [5, 5.41) is 22.5. The first kappa shape index (κ1) is 11.5. The third-order valence-electron chi connectivity index (χ3n) is 1.83. The number of nitro groups is 1. The number of hydrogen-bond donors (Lipinski definition) is 1. The second-order valence-electron chi connectivity index (χ2n) is 2.79. The van der Waals surface area contributed by atoms with Gasteiger partial charge in [-0.05, 0) is 11.6 Å². The number of azide groups is 1. The SMILES string of the molecule is [N-]=[N+]=NCc1ccc(C(=O)O)cc1[N+](=O)[O-]. The lowest BCUT2D eigenvalue weighted by Gasteiger charge is -2.00. The van der Waals surface area contributed by atoms with E-state index in [-0.39, 0.29) is 23.4 Å².